The van der Waals surface area contributed by atoms with Crippen LogP contribution in [0, 0.1) is 17.0 Å². The van der Waals surface area contributed by atoms with Crippen LogP contribution >= 0.6 is 0 Å². The summed E-state index contributed by atoms with van der Waals surface area (Å²) in [6.45, 7) is 1.65. The monoisotopic (exact) mass is 249 g/mol. The Labute approximate surface area is 100 Å². The third-order valence-electron chi connectivity index (χ3n) is 2.44. The van der Waals surface area contributed by atoms with Gasteiger partial charge in [0, 0.05) is 13.0 Å². The maximum absolute atomic E-state index is 11.0. The Morgan fingerprint density at radius 1 is 1.28 bits per heavy atom. The predicted octanol–water partition coefficient (Wildman–Crippen LogP) is 1.68. The minimum Gasteiger partial charge on any atom is -0.454 e. The summed E-state index contributed by atoms with van der Waals surface area (Å²) in [4.78, 5) is 10.5. The second-order valence-corrected chi connectivity index (χ2v) is 3.61. The van der Waals surface area contributed by atoms with E-state index in [1.807, 2.05) is 0 Å². The molecule has 0 atom stereocenters. The van der Waals surface area contributed by atoms with E-state index >= 15 is 0 Å². The lowest BCUT2D eigenvalue weighted by Crippen LogP contribution is -1.93. The topological polar surface area (TPSA) is 101 Å². The van der Waals surface area contributed by atoms with Gasteiger partial charge in [-0.05, 0) is 0 Å². The van der Waals surface area contributed by atoms with Crippen LogP contribution in [0.15, 0.2) is 16.5 Å². The summed E-state index contributed by atoms with van der Waals surface area (Å²) in [5.41, 5.74) is 0.0488. The van der Waals surface area contributed by atoms with Gasteiger partial charge in [-0.15, -0.1) is 10.2 Å². The molecule has 0 bridgehead atoms. The second kappa shape index (κ2) is 3.69. The van der Waals surface area contributed by atoms with Crippen LogP contribution in [0.4, 0.5) is 5.69 Å². The highest BCUT2D eigenvalue weighted by atomic mass is 16.7. The smallest absolute Gasteiger partial charge is 0.286 e. The Morgan fingerprint density at radius 3 is 2.61 bits per heavy atom. The number of nitrogens with zero attached hydrogens (tertiary/aromatic N) is 3. The number of ether oxygens (including phenoxy) is 2. The van der Waals surface area contributed by atoms with Crippen LogP contribution in [0.3, 0.4) is 0 Å². The minimum absolute atomic E-state index is 0.0405. The standard InChI is InChI=1S/C10H7N3O5/c1-5-11-12-10(18-5)6-2-8-9(17-4-16-8)3-7(6)13(14)15/h2-3H,4H2,1H3. The molecule has 1 aromatic heterocycles. The molecule has 0 radical (unpaired) electrons. The summed E-state index contributed by atoms with van der Waals surface area (Å²) in [5.74, 6) is 1.17. The molecule has 2 aromatic rings. The molecule has 8 nitrogen and oxygen atoms in total. The summed E-state index contributed by atoms with van der Waals surface area (Å²) < 4.78 is 15.5. The molecule has 3 rings (SSSR count). The van der Waals surface area contributed by atoms with Gasteiger partial charge in [0.1, 0.15) is 5.56 Å². The van der Waals surface area contributed by atoms with Gasteiger partial charge in [-0.25, -0.2) is 0 Å². The first-order chi connectivity index (χ1) is 8.65. The van der Waals surface area contributed by atoms with Crippen LogP contribution in [0.25, 0.3) is 11.5 Å². The van der Waals surface area contributed by atoms with Crippen molar-refractivity contribution < 1.29 is 18.8 Å². The van der Waals surface area contributed by atoms with E-state index in [4.69, 9.17) is 13.9 Å². The van der Waals surface area contributed by atoms with Crippen molar-refractivity contribution >= 4 is 5.69 Å². The fourth-order valence-electron chi connectivity index (χ4n) is 1.66. The van der Waals surface area contributed by atoms with Crippen molar-refractivity contribution in [2.24, 2.45) is 0 Å². The van der Waals surface area contributed by atoms with E-state index in [2.05, 4.69) is 10.2 Å². The molecule has 0 N–H and O–H groups in total. The molecule has 1 aliphatic heterocycles. The molecule has 0 saturated carbocycles. The summed E-state index contributed by atoms with van der Waals surface area (Å²) >= 11 is 0. The number of benzene rings is 1. The number of aryl methyl sites for hydroxylation is 1. The number of aromatic nitrogens is 2. The van der Waals surface area contributed by atoms with Gasteiger partial charge in [0.2, 0.25) is 12.7 Å². The highest BCUT2D eigenvalue weighted by Crippen LogP contribution is 2.41. The Balaban J connectivity index is 2.21. The summed E-state index contributed by atoms with van der Waals surface area (Å²) in [6, 6.07) is 2.75. The van der Waals surface area contributed by atoms with E-state index in [0.717, 1.165) is 0 Å². The zero-order valence-electron chi connectivity index (χ0n) is 9.24. The molecule has 1 aliphatic rings. The van der Waals surface area contributed by atoms with Gasteiger partial charge in [-0.3, -0.25) is 10.1 Å². The fraction of sp³-hybridized carbons (Fsp3) is 0.200. The molecule has 8 heteroatoms. The highest BCUT2D eigenvalue weighted by molar-refractivity contribution is 5.72. The van der Waals surface area contributed by atoms with E-state index in [1.165, 1.54) is 12.1 Å². The normalized spacial score (nSPS) is 12.7. The number of nitro benzene ring substituents is 1. The van der Waals surface area contributed by atoms with Crippen molar-refractivity contribution in [1.29, 1.82) is 0 Å². The van der Waals surface area contributed by atoms with Crippen molar-refractivity contribution in [3.8, 4) is 23.0 Å². The number of hydrogen-bond acceptors (Lipinski definition) is 7. The zero-order chi connectivity index (χ0) is 12.7. The van der Waals surface area contributed by atoms with E-state index < -0.39 is 4.92 Å². The third-order valence-corrected chi connectivity index (χ3v) is 2.44. The molecule has 2 heterocycles. The Hall–Kier alpha value is -2.64. The van der Waals surface area contributed by atoms with E-state index in [-0.39, 0.29) is 23.9 Å². The van der Waals surface area contributed by atoms with Crippen LogP contribution in [-0.2, 0) is 0 Å². The largest absolute Gasteiger partial charge is 0.454 e. The molecule has 18 heavy (non-hydrogen) atoms. The van der Waals surface area contributed by atoms with Gasteiger partial charge in [0.05, 0.1) is 11.0 Å². The minimum atomic E-state index is -0.531. The lowest BCUT2D eigenvalue weighted by Gasteiger charge is -2.00. The highest BCUT2D eigenvalue weighted by Gasteiger charge is 2.26. The van der Waals surface area contributed by atoms with Gasteiger partial charge in [-0.1, -0.05) is 0 Å². The molecule has 92 valence electrons. The lowest BCUT2D eigenvalue weighted by molar-refractivity contribution is -0.384. The molecular formula is C10H7N3O5. The van der Waals surface area contributed by atoms with E-state index in [0.29, 0.717) is 17.4 Å². The summed E-state index contributed by atoms with van der Waals surface area (Å²) in [5, 5.41) is 18.4. The predicted molar refractivity (Wildman–Crippen MR) is 57.2 cm³/mol. The molecule has 1 aromatic carbocycles. The lowest BCUT2D eigenvalue weighted by atomic mass is 10.1. The van der Waals surface area contributed by atoms with Crippen LogP contribution in [0.1, 0.15) is 5.89 Å². The van der Waals surface area contributed by atoms with Crippen molar-refractivity contribution in [2.45, 2.75) is 6.92 Å². The van der Waals surface area contributed by atoms with E-state index in [9.17, 15) is 10.1 Å². The van der Waals surface area contributed by atoms with Crippen LogP contribution in [0.5, 0.6) is 11.5 Å². The number of fused-ring (bicyclic) bond motifs is 1. The second-order valence-electron chi connectivity index (χ2n) is 3.61. The van der Waals surface area contributed by atoms with Gasteiger partial charge >= 0.3 is 0 Å². The first-order valence-electron chi connectivity index (χ1n) is 5.03. The summed E-state index contributed by atoms with van der Waals surface area (Å²) in [7, 11) is 0. The van der Waals surface area contributed by atoms with Crippen LogP contribution in [0.2, 0.25) is 0 Å². The molecule has 0 fully saturated rings. The number of hydrogen-bond donors (Lipinski definition) is 0. The zero-order valence-corrected chi connectivity index (χ0v) is 9.24. The molecule has 0 aliphatic carbocycles. The fourth-order valence-corrected chi connectivity index (χ4v) is 1.66. The number of nitro groups is 1. The van der Waals surface area contributed by atoms with Crippen LogP contribution < -0.4 is 9.47 Å². The molecule has 0 amide bonds. The van der Waals surface area contributed by atoms with Crippen molar-refractivity contribution in [3.05, 3.63) is 28.1 Å². The van der Waals surface area contributed by atoms with Gasteiger partial charge in [-0.2, -0.15) is 0 Å². The maximum atomic E-state index is 11.0. The van der Waals surface area contributed by atoms with Gasteiger partial charge in [0.25, 0.3) is 11.6 Å². The third kappa shape index (κ3) is 1.54. The summed E-state index contributed by atoms with van der Waals surface area (Å²) in [6.07, 6.45) is 0. The molecule has 0 unspecified atom stereocenters. The van der Waals surface area contributed by atoms with Gasteiger partial charge < -0.3 is 13.9 Å². The van der Waals surface area contributed by atoms with Gasteiger partial charge in [0.15, 0.2) is 11.5 Å². The number of rotatable bonds is 2. The van der Waals surface area contributed by atoms with Crippen molar-refractivity contribution in [1.82, 2.24) is 10.2 Å². The molecule has 0 spiro atoms. The first-order valence-corrected chi connectivity index (χ1v) is 5.03. The van der Waals surface area contributed by atoms with Crippen molar-refractivity contribution in [3.63, 3.8) is 0 Å². The maximum Gasteiger partial charge on any atom is 0.286 e. The average Bonchev–Trinajstić information content (AvgIpc) is 2.94. The van der Waals surface area contributed by atoms with Crippen LogP contribution in [-0.4, -0.2) is 21.9 Å². The first kappa shape index (κ1) is 10.5. The molecule has 0 saturated heterocycles. The SMILES string of the molecule is Cc1nnc(-c2cc3c(cc2[N+](=O)[O-])OCO3)o1. The Kier molecular flexibility index (Phi) is 2.15. The quantitative estimate of drug-likeness (QED) is 0.589. The van der Waals surface area contributed by atoms with Crippen molar-refractivity contribution in [2.75, 3.05) is 6.79 Å². The molecular weight excluding hydrogens is 242 g/mol. The van der Waals surface area contributed by atoms with E-state index in [1.54, 1.807) is 6.92 Å². The average molecular weight is 249 g/mol. The Bertz CT molecular complexity index is 636. The Morgan fingerprint density at radius 2 is 2.00 bits per heavy atom.